The molecule has 10 heteroatoms. The molecule has 2 amide bonds. The Hall–Kier alpha value is -2.72. The Labute approximate surface area is 193 Å². The molecule has 1 unspecified atom stereocenters. The van der Waals surface area contributed by atoms with Crippen LogP contribution < -0.4 is 10.0 Å². The Morgan fingerprint density at radius 2 is 1.88 bits per heavy atom. The number of amides is 2. The highest BCUT2D eigenvalue weighted by Gasteiger charge is 2.32. The summed E-state index contributed by atoms with van der Waals surface area (Å²) in [4.78, 5) is 27.5. The Morgan fingerprint density at radius 1 is 1.18 bits per heavy atom. The number of hydrogen-bond donors (Lipinski definition) is 2. The van der Waals surface area contributed by atoms with Gasteiger partial charge in [-0.3, -0.25) is 9.59 Å². The van der Waals surface area contributed by atoms with E-state index in [2.05, 4.69) is 10.0 Å². The molecule has 1 saturated carbocycles. The number of nitrogens with one attached hydrogen (secondary N) is 2. The Kier molecular flexibility index (Phi) is 8.62. The van der Waals surface area contributed by atoms with Crippen LogP contribution in [-0.4, -0.2) is 43.8 Å². The van der Waals surface area contributed by atoms with Gasteiger partial charge in [-0.1, -0.05) is 26.2 Å². The minimum Gasteiger partial charge on any atom is -0.467 e. The number of sulfonamides is 1. The molecule has 8 nitrogen and oxygen atoms in total. The van der Waals surface area contributed by atoms with Crippen molar-refractivity contribution in [2.45, 2.75) is 69.0 Å². The molecule has 2 aromatic rings. The van der Waals surface area contributed by atoms with Crippen LogP contribution in [-0.2, 0) is 26.2 Å². The van der Waals surface area contributed by atoms with Gasteiger partial charge in [0.25, 0.3) is 0 Å². The Bertz CT molecular complexity index is 1020. The van der Waals surface area contributed by atoms with Gasteiger partial charge in [0, 0.05) is 6.04 Å². The van der Waals surface area contributed by atoms with E-state index in [0.29, 0.717) is 18.6 Å². The molecule has 2 N–H and O–H groups in total. The molecule has 1 aliphatic rings. The van der Waals surface area contributed by atoms with Crippen LogP contribution in [0.25, 0.3) is 0 Å². The van der Waals surface area contributed by atoms with E-state index in [1.165, 1.54) is 11.2 Å². The third-order valence-electron chi connectivity index (χ3n) is 5.71. The van der Waals surface area contributed by atoms with Crippen LogP contribution in [0.15, 0.2) is 52.0 Å². The van der Waals surface area contributed by atoms with Gasteiger partial charge in [-0.25, -0.2) is 17.5 Å². The third kappa shape index (κ3) is 6.88. The number of halogens is 1. The summed E-state index contributed by atoms with van der Waals surface area (Å²) in [6.07, 6.45) is 6.50. The molecular formula is C23H30FN3O5S. The van der Waals surface area contributed by atoms with E-state index in [1.807, 2.05) is 6.92 Å². The zero-order valence-electron chi connectivity index (χ0n) is 18.6. The van der Waals surface area contributed by atoms with Crippen molar-refractivity contribution in [3.05, 3.63) is 54.2 Å². The number of nitrogens with zero attached hydrogens (tertiary/aromatic N) is 1. The van der Waals surface area contributed by atoms with E-state index in [9.17, 15) is 22.4 Å². The zero-order chi connectivity index (χ0) is 23.8. The summed E-state index contributed by atoms with van der Waals surface area (Å²) >= 11 is 0. The first-order valence-corrected chi connectivity index (χ1v) is 12.7. The first kappa shape index (κ1) is 24.9. The third-order valence-corrected chi connectivity index (χ3v) is 7.12. The van der Waals surface area contributed by atoms with E-state index in [4.69, 9.17) is 4.42 Å². The summed E-state index contributed by atoms with van der Waals surface area (Å²) < 4.78 is 45.9. The van der Waals surface area contributed by atoms with Gasteiger partial charge in [0.1, 0.15) is 17.6 Å². The lowest BCUT2D eigenvalue weighted by Crippen LogP contribution is -2.53. The predicted molar refractivity (Wildman–Crippen MR) is 120 cm³/mol. The van der Waals surface area contributed by atoms with E-state index in [-0.39, 0.29) is 23.4 Å². The second-order valence-corrected chi connectivity index (χ2v) is 9.94. The number of rotatable bonds is 11. The topological polar surface area (TPSA) is 109 Å². The second kappa shape index (κ2) is 11.4. The van der Waals surface area contributed by atoms with Gasteiger partial charge in [-0.05, 0) is 55.7 Å². The van der Waals surface area contributed by atoms with E-state index in [1.54, 1.807) is 12.1 Å². The molecule has 0 spiro atoms. The minimum atomic E-state index is -4.03. The fraction of sp³-hybridized carbons (Fsp3) is 0.478. The van der Waals surface area contributed by atoms with Crippen LogP contribution in [0.4, 0.5) is 4.39 Å². The van der Waals surface area contributed by atoms with Gasteiger partial charge in [-0.15, -0.1) is 0 Å². The van der Waals surface area contributed by atoms with Crippen LogP contribution in [0.2, 0.25) is 0 Å². The van der Waals surface area contributed by atoms with Gasteiger partial charge in [0.2, 0.25) is 21.8 Å². The molecule has 1 atom stereocenters. The lowest BCUT2D eigenvalue weighted by molar-refractivity contribution is -0.141. The molecule has 0 saturated heterocycles. The highest BCUT2D eigenvalue weighted by Crippen LogP contribution is 2.20. The van der Waals surface area contributed by atoms with Crippen molar-refractivity contribution in [3.63, 3.8) is 0 Å². The van der Waals surface area contributed by atoms with Crippen molar-refractivity contribution in [1.29, 1.82) is 0 Å². The van der Waals surface area contributed by atoms with Crippen molar-refractivity contribution in [2.75, 3.05) is 6.54 Å². The van der Waals surface area contributed by atoms with Gasteiger partial charge >= 0.3 is 0 Å². The Morgan fingerprint density at radius 3 is 2.48 bits per heavy atom. The molecule has 1 heterocycles. The summed E-state index contributed by atoms with van der Waals surface area (Å²) in [6.45, 7) is 1.41. The molecule has 1 aliphatic carbocycles. The van der Waals surface area contributed by atoms with E-state index >= 15 is 0 Å². The summed E-state index contributed by atoms with van der Waals surface area (Å²) in [7, 11) is -4.03. The molecule has 3 rings (SSSR count). The maximum Gasteiger partial charge on any atom is 0.243 e. The number of furan rings is 1. The maximum atomic E-state index is 13.2. The van der Waals surface area contributed by atoms with Crippen molar-refractivity contribution in [2.24, 2.45) is 0 Å². The lowest BCUT2D eigenvalue weighted by atomic mass is 10.1. The zero-order valence-corrected chi connectivity index (χ0v) is 19.4. The van der Waals surface area contributed by atoms with Gasteiger partial charge in [0.15, 0.2) is 0 Å². The fourth-order valence-corrected chi connectivity index (χ4v) is 4.94. The largest absolute Gasteiger partial charge is 0.467 e. The highest BCUT2D eigenvalue weighted by molar-refractivity contribution is 7.89. The van der Waals surface area contributed by atoms with Crippen LogP contribution in [0.3, 0.4) is 0 Å². The van der Waals surface area contributed by atoms with Gasteiger partial charge in [-0.2, -0.15) is 0 Å². The Balaban J connectivity index is 1.76. The molecule has 180 valence electrons. The molecule has 0 bridgehead atoms. The summed E-state index contributed by atoms with van der Waals surface area (Å²) in [6, 6.07) is 7.02. The standard InChI is InChI=1S/C23H30FN3O5S/c1-2-6-21(23(29)26-18-7-3-4-8-18)27(16-19-9-5-14-32-19)22(28)15-25-33(30,31)20-12-10-17(24)11-13-20/h5,9-14,18,21,25H,2-4,6-8,15-16H2,1H3,(H,26,29). The first-order valence-electron chi connectivity index (χ1n) is 11.2. The molecule has 33 heavy (non-hydrogen) atoms. The smallest absolute Gasteiger partial charge is 0.243 e. The molecule has 1 aromatic carbocycles. The number of carbonyl (C=O) groups is 2. The molecule has 1 fully saturated rings. The molecular weight excluding hydrogens is 449 g/mol. The summed E-state index contributed by atoms with van der Waals surface area (Å²) in [5.41, 5.74) is 0. The maximum absolute atomic E-state index is 13.2. The van der Waals surface area contributed by atoms with Crippen molar-refractivity contribution in [1.82, 2.24) is 14.9 Å². The molecule has 0 aliphatic heterocycles. The van der Waals surface area contributed by atoms with Crippen molar-refractivity contribution >= 4 is 21.8 Å². The summed E-state index contributed by atoms with van der Waals surface area (Å²) in [5.74, 6) is -0.882. The average Bonchev–Trinajstić information content (AvgIpc) is 3.49. The minimum absolute atomic E-state index is 0.0346. The molecule has 1 aromatic heterocycles. The monoisotopic (exact) mass is 479 g/mol. The second-order valence-electron chi connectivity index (χ2n) is 8.17. The van der Waals surface area contributed by atoms with Crippen LogP contribution in [0, 0.1) is 5.82 Å². The first-order chi connectivity index (χ1) is 15.8. The predicted octanol–water partition coefficient (Wildman–Crippen LogP) is 2.95. The summed E-state index contributed by atoms with van der Waals surface area (Å²) in [5, 5.41) is 3.04. The SMILES string of the molecule is CCCC(C(=O)NC1CCCC1)N(Cc1ccco1)C(=O)CNS(=O)(=O)c1ccc(F)cc1. The van der Waals surface area contributed by atoms with Crippen LogP contribution in [0.5, 0.6) is 0 Å². The average molecular weight is 480 g/mol. The van der Waals surface area contributed by atoms with Crippen LogP contribution >= 0.6 is 0 Å². The number of hydrogen-bond acceptors (Lipinski definition) is 5. The van der Waals surface area contributed by atoms with Crippen molar-refractivity contribution in [3.8, 4) is 0 Å². The van der Waals surface area contributed by atoms with Gasteiger partial charge < -0.3 is 14.6 Å². The van der Waals surface area contributed by atoms with E-state index < -0.39 is 34.3 Å². The lowest BCUT2D eigenvalue weighted by Gasteiger charge is -2.31. The molecule has 0 radical (unpaired) electrons. The quantitative estimate of drug-likeness (QED) is 0.515. The fourth-order valence-electron chi connectivity index (χ4n) is 3.97. The number of carbonyl (C=O) groups excluding carboxylic acids is 2. The van der Waals surface area contributed by atoms with E-state index in [0.717, 1.165) is 49.9 Å². The number of benzene rings is 1. The van der Waals surface area contributed by atoms with Gasteiger partial charge in [0.05, 0.1) is 24.2 Å². The van der Waals surface area contributed by atoms with Crippen LogP contribution in [0.1, 0.15) is 51.2 Å². The normalized spacial score (nSPS) is 15.3. The van der Waals surface area contributed by atoms with Crippen molar-refractivity contribution < 1.29 is 26.8 Å². The highest BCUT2D eigenvalue weighted by atomic mass is 32.2.